The van der Waals surface area contributed by atoms with Gasteiger partial charge in [0, 0.05) is 19.1 Å². The monoisotopic (exact) mass is 322 g/mol. The minimum absolute atomic E-state index is 0.00156. The summed E-state index contributed by atoms with van der Waals surface area (Å²) >= 11 is 0. The number of piperidine rings is 1. The van der Waals surface area contributed by atoms with Crippen molar-refractivity contribution in [3.05, 3.63) is 29.6 Å². The number of nitrogens with zero attached hydrogens (tertiary/aromatic N) is 1. The van der Waals surface area contributed by atoms with E-state index in [0.717, 1.165) is 24.9 Å². The molecule has 3 rings (SSSR count). The number of carbonyl (C=O) groups is 1. The van der Waals surface area contributed by atoms with Crippen LogP contribution in [0.4, 0.5) is 10.1 Å². The highest BCUT2D eigenvalue weighted by Crippen LogP contribution is 2.24. The Labute approximate surface area is 135 Å². The third kappa shape index (κ3) is 4.00. The third-order valence-electron chi connectivity index (χ3n) is 4.32. The lowest BCUT2D eigenvalue weighted by molar-refractivity contribution is -0.148. The zero-order chi connectivity index (χ0) is 16.2. The van der Waals surface area contributed by atoms with E-state index in [1.54, 1.807) is 6.07 Å². The van der Waals surface area contributed by atoms with E-state index in [9.17, 15) is 9.18 Å². The average molecular weight is 322 g/mol. The lowest BCUT2D eigenvalue weighted by Gasteiger charge is -2.36. The first kappa shape index (κ1) is 16.2. The number of ether oxygens (including phenoxy) is 2. The van der Waals surface area contributed by atoms with Crippen molar-refractivity contribution in [1.29, 1.82) is 0 Å². The van der Waals surface area contributed by atoms with E-state index in [1.165, 1.54) is 6.07 Å². The van der Waals surface area contributed by atoms with Crippen LogP contribution < -0.4 is 10.2 Å². The molecule has 2 fully saturated rings. The normalized spacial score (nSPS) is 25.2. The molecule has 0 spiro atoms. The fraction of sp³-hybridized carbons (Fsp3) is 0.588. The number of carbonyl (C=O) groups excluding carboxylic acids is 1. The van der Waals surface area contributed by atoms with Crippen LogP contribution >= 0.6 is 0 Å². The molecule has 6 heteroatoms. The predicted octanol–water partition coefficient (Wildman–Crippen LogP) is 1.63. The summed E-state index contributed by atoms with van der Waals surface area (Å²) < 4.78 is 24.8. The van der Waals surface area contributed by atoms with E-state index in [4.69, 9.17) is 9.47 Å². The van der Waals surface area contributed by atoms with Crippen molar-refractivity contribution in [3.63, 3.8) is 0 Å². The van der Waals surface area contributed by atoms with Crippen molar-refractivity contribution in [2.75, 3.05) is 37.8 Å². The quantitative estimate of drug-likeness (QED) is 0.919. The van der Waals surface area contributed by atoms with Gasteiger partial charge in [-0.2, -0.15) is 0 Å². The minimum Gasteiger partial charge on any atom is -0.376 e. The second kappa shape index (κ2) is 7.27. The number of hydrogen-bond acceptors (Lipinski definition) is 4. The van der Waals surface area contributed by atoms with Gasteiger partial charge in [-0.3, -0.25) is 4.79 Å². The van der Waals surface area contributed by atoms with Crippen molar-refractivity contribution in [3.8, 4) is 0 Å². The number of hydrogen-bond donors (Lipinski definition) is 1. The van der Waals surface area contributed by atoms with Gasteiger partial charge in [-0.25, -0.2) is 4.39 Å². The number of aryl methyl sites for hydroxylation is 1. The Morgan fingerprint density at radius 3 is 3.04 bits per heavy atom. The van der Waals surface area contributed by atoms with Crippen molar-refractivity contribution < 1.29 is 18.7 Å². The molecule has 1 N–H and O–H groups in total. The molecular weight excluding hydrogens is 299 g/mol. The molecule has 2 aliphatic heterocycles. The zero-order valence-electron chi connectivity index (χ0n) is 13.4. The van der Waals surface area contributed by atoms with Gasteiger partial charge >= 0.3 is 0 Å². The molecule has 5 nitrogen and oxygen atoms in total. The van der Waals surface area contributed by atoms with Gasteiger partial charge in [-0.1, -0.05) is 6.07 Å². The van der Waals surface area contributed by atoms with E-state index >= 15 is 0 Å². The molecule has 0 bridgehead atoms. The standard InChI is InChI=1S/C17H23FN2O3/c1-12-4-5-14(18)15(9-12)20-6-2-3-13(10-20)19-17(21)16-11-22-7-8-23-16/h4-5,9,13,16H,2-3,6-8,10-11H2,1H3,(H,19,21)/t13-,16+/m0/s1. The maximum Gasteiger partial charge on any atom is 0.251 e. The number of halogens is 1. The number of nitrogens with one attached hydrogen (secondary N) is 1. The van der Waals surface area contributed by atoms with E-state index in [0.29, 0.717) is 32.1 Å². The summed E-state index contributed by atoms with van der Waals surface area (Å²) in [6.07, 6.45) is 1.28. The van der Waals surface area contributed by atoms with Crippen LogP contribution in [0.3, 0.4) is 0 Å². The number of benzene rings is 1. The summed E-state index contributed by atoms with van der Waals surface area (Å²) in [5, 5.41) is 3.01. The average Bonchev–Trinajstić information content (AvgIpc) is 2.58. The summed E-state index contributed by atoms with van der Waals surface area (Å²) in [5.41, 5.74) is 1.64. The SMILES string of the molecule is Cc1ccc(F)c(N2CCC[C@H](NC(=O)[C@H]3COCCO3)C2)c1. The minimum atomic E-state index is -0.533. The molecule has 0 unspecified atom stereocenters. The Hall–Kier alpha value is -1.66. The number of rotatable bonds is 3. The van der Waals surface area contributed by atoms with Crippen molar-refractivity contribution in [2.24, 2.45) is 0 Å². The number of anilines is 1. The molecule has 1 amide bonds. The van der Waals surface area contributed by atoms with Crippen LogP contribution in [0.15, 0.2) is 18.2 Å². The fourth-order valence-electron chi connectivity index (χ4n) is 3.11. The van der Waals surface area contributed by atoms with E-state index in [2.05, 4.69) is 5.32 Å². The summed E-state index contributed by atoms with van der Waals surface area (Å²) in [7, 11) is 0. The Bertz CT molecular complexity index is 561. The molecule has 126 valence electrons. The number of amides is 1. The maximum atomic E-state index is 14.1. The second-order valence-corrected chi connectivity index (χ2v) is 6.18. The molecule has 0 aromatic heterocycles. The molecule has 2 heterocycles. The second-order valence-electron chi connectivity index (χ2n) is 6.18. The Kier molecular flexibility index (Phi) is 5.13. The van der Waals surface area contributed by atoms with Gasteiger partial charge < -0.3 is 19.7 Å². The first-order chi connectivity index (χ1) is 11.1. The molecule has 2 saturated heterocycles. The molecule has 2 atom stereocenters. The summed E-state index contributed by atoms with van der Waals surface area (Å²) in [6, 6.07) is 5.13. The van der Waals surface area contributed by atoms with Crippen LogP contribution in [0.5, 0.6) is 0 Å². The van der Waals surface area contributed by atoms with Gasteiger partial charge in [0.15, 0.2) is 6.10 Å². The van der Waals surface area contributed by atoms with Gasteiger partial charge in [-0.15, -0.1) is 0 Å². The molecule has 0 radical (unpaired) electrons. The van der Waals surface area contributed by atoms with Crippen molar-refractivity contribution in [2.45, 2.75) is 31.9 Å². The van der Waals surface area contributed by atoms with Crippen LogP contribution in [-0.4, -0.2) is 51.0 Å². The smallest absolute Gasteiger partial charge is 0.251 e. The Balaban J connectivity index is 1.61. The highest BCUT2D eigenvalue weighted by atomic mass is 19.1. The van der Waals surface area contributed by atoms with Crippen molar-refractivity contribution in [1.82, 2.24) is 5.32 Å². The van der Waals surface area contributed by atoms with Crippen LogP contribution in [0.2, 0.25) is 0 Å². The van der Waals surface area contributed by atoms with E-state index in [1.807, 2.05) is 17.9 Å². The lowest BCUT2D eigenvalue weighted by Crippen LogP contribution is -2.52. The molecule has 0 aliphatic carbocycles. The van der Waals surface area contributed by atoms with Crippen LogP contribution in [0, 0.1) is 12.7 Å². The van der Waals surface area contributed by atoms with E-state index in [-0.39, 0.29) is 17.8 Å². The predicted molar refractivity (Wildman–Crippen MR) is 85.1 cm³/mol. The lowest BCUT2D eigenvalue weighted by atomic mass is 10.0. The highest BCUT2D eigenvalue weighted by molar-refractivity contribution is 5.81. The van der Waals surface area contributed by atoms with Crippen LogP contribution in [0.1, 0.15) is 18.4 Å². The van der Waals surface area contributed by atoms with Crippen molar-refractivity contribution >= 4 is 11.6 Å². The third-order valence-corrected chi connectivity index (χ3v) is 4.32. The van der Waals surface area contributed by atoms with Gasteiger partial charge in [0.2, 0.25) is 0 Å². The summed E-state index contributed by atoms with van der Waals surface area (Å²) in [6.45, 7) is 4.65. The first-order valence-corrected chi connectivity index (χ1v) is 8.14. The summed E-state index contributed by atoms with van der Waals surface area (Å²) in [5.74, 6) is -0.354. The molecule has 2 aliphatic rings. The molecular formula is C17H23FN2O3. The van der Waals surface area contributed by atoms with Gasteiger partial charge in [0.25, 0.3) is 5.91 Å². The largest absolute Gasteiger partial charge is 0.376 e. The van der Waals surface area contributed by atoms with E-state index < -0.39 is 6.10 Å². The summed E-state index contributed by atoms with van der Waals surface area (Å²) in [4.78, 5) is 14.2. The van der Waals surface area contributed by atoms with Gasteiger partial charge in [0.1, 0.15) is 5.82 Å². The highest BCUT2D eigenvalue weighted by Gasteiger charge is 2.28. The van der Waals surface area contributed by atoms with Gasteiger partial charge in [-0.05, 0) is 37.5 Å². The van der Waals surface area contributed by atoms with Crippen LogP contribution in [0.25, 0.3) is 0 Å². The maximum absolute atomic E-state index is 14.1. The molecule has 1 aromatic rings. The zero-order valence-corrected chi connectivity index (χ0v) is 13.4. The Morgan fingerprint density at radius 1 is 1.39 bits per heavy atom. The molecule has 23 heavy (non-hydrogen) atoms. The molecule has 1 aromatic carbocycles. The first-order valence-electron chi connectivity index (χ1n) is 8.14. The Morgan fingerprint density at radius 2 is 2.26 bits per heavy atom. The van der Waals surface area contributed by atoms with Crippen LogP contribution in [-0.2, 0) is 14.3 Å². The fourth-order valence-corrected chi connectivity index (χ4v) is 3.11. The molecule has 0 saturated carbocycles. The van der Waals surface area contributed by atoms with Gasteiger partial charge in [0.05, 0.1) is 25.5 Å². The topological polar surface area (TPSA) is 50.8 Å².